The molecule has 9 nitrogen and oxygen atoms in total. The fraction of sp³-hybridized carbons (Fsp3) is 0.174. The van der Waals surface area contributed by atoms with Crippen molar-refractivity contribution in [2.75, 3.05) is 25.1 Å². The SMILES string of the molecule is O=C(O)c1cc(Oc2ccc3nc(NCCc4cccc5c4OCCO5)oc3c2)ccn1. The molecule has 0 unspecified atom stereocenters. The topological polar surface area (TPSA) is 116 Å². The first-order valence-corrected chi connectivity index (χ1v) is 10.0. The van der Waals surface area contributed by atoms with E-state index in [0.29, 0.717) is 54.8 Å². The minimum absolute atomic E-state index is 0.0913. The molecule has 0 spiro atoms. The zero-order chi connectivity index (χ0) is 21.9. The second-order valence-electron chi connectivity index (χ2n) is 7.05. The highest BCUT2D eigenvalue weighted by Gasteiger charge is 2.15. The van der Waals surface area contributed by atoms with Crippen molar-refractivity contribution in [3.63, 3.8) is 0 Å². The van der Waals surface area contributed by atoms with E-state index in [1.54, 1.807) is 24.3 Å². The molecule has 0 amide bonds. The smallest absolute Gasteiger partial charge is 0.354 e. The number of nitrogens with one attached hydrogen (secondary N) is 1. The van der Waals surface area contributed by atoms with Crippen molar-refractivity contribution in [1.82, 2.24) is 9.97 Å². The number of carboxylic acid groups (broad SMARTS) is 1. The molecule has 1 aliphatic rings. The van der Waals surface area contributed by atoms with E-state index in [9.17, 15) is 4.79 Å². The normalized spacial score (nSPS) is 12.5. The molecular formula is C23H19N3O6. The predicted molar refractivity (Wildman–Crippen MR) is 115 cm³/mol. The summed E-state index contributed by atoms with van der Waals surface area (Å²) in [6.07, 6.45) is 2.10. The van der Waals surface area contributed by atoms with Gasteiger partial charge in [-0.25, -0.2) is 9.78 Å². The van der Waals surface area contributed by atoms with Gasteiger partial charge < -0.3 is 29.1 Å². The van der Waals surface area contributed by atoms with E-state index >= 15 is 0 Å². The summed E-state index contributed by atoms with van der Waals surface area (Å²) in [6.45, 7) is 1.71. The van der Waals surface area contributed by atoms with Crippen molar-refractivity contribution in [3.8, 4) is 23.0 Å². The van der Waals surface area contributed by atoms with E-state index in [4.69, 9.17) is 23.7 Å². The Labute approximate surface area is 182 Å². The molecule has 3 heterocycles. The molecule has 0 saturated heterocycles. The van der Waals surface area contributed by atoms with Gasteiger partial charge in [0.05, 0.1) is 0 Å². The molecule has 4 aromatic rings. The standard InChI is InChI=1S/C23H19N3O6/c27-22(28)18-12-16(7-9-24-18)31-15-4-5-17-20(13-15)32-23(26-17)25-8-6-14-2-1-3-19-21(14)30-11-10-29-19/h1-5,7,9,12-13H,6,8,10-11H2,(H,25,26)(H,27,28). The van der Waals surface area contributed by atoms with Gasteiger partial charge in [0.2, 0.25) is 0 Å². The number of hydrogen-bond acceptors (Lipinski definition) is 8. The van der Waals surface area contributed by atoms with E-state index < -0.39 is 5.97 Å². The van der Waals surface area contributed by atoms with Crippen LogP contribution in [-0.4, -0.2) is 40.8 Å². The van der Waals surface area contributed by atoms with Crippen LogP contribution in [0, 0.1) is 0 Å². The molecule has 0 saturated carbocycles. The summed E-state index contributed by atoms with van der Waals surface area (Å²) in [7, 11) is 0. The van der Waals surface area contributed by atoms with Gasteiger partial charge in [0.1, 0.15) is 30.2 Å². The number of anilines is 1. The van der Waals surface area contributed by atoms with Gasteiger partial charge in [-0.2, -0.15) is 4.98 Å². The highest BCUT2D eigenvalue weighted by molar-refractivity contribution is 5.85. The summed E-state index contributed by atoms with van der Waals surface area (Å²) in [5, 5.41) is 12.2. The van der Waals surface area contributed by atoms with Crippen LogP contribution in [0.2, 0.25) is 0 Å². The van der Waals surface area contributed by atoms with Crippen LogP contribution in [0.3, 0.4) is 0 Å². The summed E-state index contributed by atoms with van der Waals surface area (Å²) in [5.74, 6) is 1.31. The number of aromatic nitrogens is 2. The minimum atomic E-state index is -1.12. The molecule has 0 bridgehead atoms. The molecule has 0 aliphatic carbocycles. The quantitative estimate of drug-likeness (QED) is 0.443. The number of oxazole rings is 1. The summed E-state index contributed by atoms with van der Waals surface area (Å²) in [6, 6.07) is 14.4. The lowest BCUT2D eigenvalue weighted by atomic mass is 10.1. The zero-order valence-electron chi connectivity index (χ0n) is 16.9. The molecule has 0 atom stereocenters. The third-order valence-electron chi connectivity index (χ3n) is 4.86. The van der Waals surface area contributed by atoms with Crippen LogP contribution in [0.5, 0.6) is 23.0 Å². The first-order valence-electron chi connectivity index (χ1n) is 10.0. The zero-order valence-corrected chi connectivity index (χ0v) is 16.9. The number of carboxylic acids is 1. The Balaban J connectivity index is 1.25. The number of rotatable bonds is 7. The molecule has 0 radical (unpaired) electrons. The van der Waals surface area contributed by atoms with Crippen LogP contribution in [-0.2, 0) is 6.42 Å². The highest BCUT2D eigenvalue weighted by atomic mass is 16.6. The average Bonchev–Trinajstić information content (AvgIpc) is 3.21. The summed E-state index contributed by atoms with van der Waals surface area (Å²) >= 11 is 0. The average molecular weight is 433 g/mol. The molecule has 5 rings (SSSR count). The second kappa shape index (κ2) is 8.46. The third-order valence-corrected chi connectivity index (χ3v) is 4.86. The highest BCUT2D eigenvalue weighted by Crippen LogP contribution is 2.34. The lowest BCUT2D eigenvalue weighted by Crippen LogP contribution is -2.17. The lowest BCUT2D eigenvalue weighted by molar-refractivity contribution is 0.0690. The monoisotopic (exact) mass is 433 g/mol. The van der Waals surface area contributed by atoms with Crippen molar-refractivity contribution in [1.29, 1.82) is 0 Å². The fourth-order valence-electron chi connectivity index (χ4n) is 3.41. The minimum Gasteiger partial charge on any atom is -0.486 e. The maximum absolute atomic E-state index is 11.1. The molecule has 0 fully saturated rings. The van der Waals surface area contributed by atoms with Crippen LogP contribution < -0.4 is 19.5 Å². The first-order chi connectivity index (χ1) is 15.7. The van der Waals surface area contributed by atoms with Crippen LogP contribution in [0.4, 0.5) is 6.01 Å². The maximum Gasteiger partial charge on any atom is 0.354 e. The number of pyridine rings is 1. The van der Waals surface area contributed by atoms with Crippen LogP contribution >= 0.6 is 0 Å². The number of aromatic carboxylic acids is 1. The Morgan fingerprint density at radius 3 is 2.88 bits per heavy atom. The van der Waals surface area contributed by atoms with E-state index in [1.807, 2.05) is 18.2 Å². The number of ether oxygens (including phenoxy) is 3. The number of para-hydroxylation sites is 1. The Hall–Kier alpha value is -4.27. The van der Waals surface area contributed by atoms with Gasteiger partial charge in [0, 0.05) is 24.9 Å². The molecule has 2 aromatic carbocycles. The lowest BCUT2D eigenvalue weighted by Gasteiger charge is -2.20. The largest absolute Gasteiger partial charge is 0.486 e. The van der Waals surface area contributed by atoms with Crippen molar-refractivity contribution in [3.05, 3.63) is 66.0 Å². The van der Waals surface area contributed by atoms with Crippen LogP contribution in [0.25, 0.3) is 11.1 Å². The number of nitrogens with zero attached hydrogens (tertiary/aromatic N) is 2. The van der Waals surface area contributed by atoms with Crippen LogP contribution in [0.15, 0.2) is 59.1 Å². The number of fused-ring (bicyclic) bond motifs is 2. The van der Waals surface area contributed by atoms with Gasteiger partial charge >= 0.3 is 5.97 Å². The summed E-state index contributed by atoms with van der Waals surface area (Å²) < 4.78 is 22.9. The molecular weight excluding hydrogens is 414 g/mol. The number of benzene rings is 2. The molecule has 162 valence electrons. The summed E-state index contributed by atoms with van der Waals surface area (Å²) in [4.78, 5) is 19.3. The molecule has 9 heteroatoms. The van der Waals surface area contributed by atoms with Crippen molar-refractivity contribution in [2.45, 2.75) is 6.42 Å². The van der Waals surface area contributed by atoms with Gasteiger partial charge in [-0.15, -0.1) is 0 Å². The third kappa shape index (κ3) is 4.13. The molecule has 32 heavy (non-hydrogen) atoms. The van der Waals surface area contributed by atoms with Crippen molar-refractivity contribution >= 4 is 23.1 Å². The second-order valence-corrected chi connectivity index (χ2v) is 7.05. The van der Waals surface area contributed by atoms with E-state index in [0.717, 1.165) is 17.1 Å². The Kier molecular flexibility index (Phi) is 5.20. The van der Waals surface area contributed by atoms with E-state index in [2.05, 4.69) is 15.3 Å². The molecule has 2 N–H and O–H groups in total. The van der Waals surface area contributed by atoms with Gasteiger partial charge in [-0.3, -0.25) is 0 Å². The molecule has 1 aliphatic heterocycles. The van der Waals surface area contributed by atoms with Crippen LogP contribution in [0.1, 0.15) is 16.1 Å². The Morgan fingerprint density at radius 1 is 1.09 bits per heavy atom. The van der Waals surface area contributed by atoms with Crippen molar-refractivity contribution < 1.29 is 28.5 Å². The maximum atomic E-state index is 11.1. The predicted octanol–water partition coefficient (Wildman–Crippen LogP) is 4.14. The Bertz CT molecular complexity index is 1290. The van der Waals surface area contributed by atoms with Gasteiger partial charge in [-0.1, -0.05) is 12.1 Å². The first kappa shape index (κ1) is 19.7. The number of hydrogen-bond donors (Lipinski definition) is 2. The summed E-state index contributed by atoms with van der Waals surface area (Å²) in [5.41, 5.74) is 2.19. The van der Waals surface area contributed by atoms with Gasteiger partial charge in [-0.05, 0) is 36.2 Å². The van der Waals surface area contributed by atoms with E-state index in [1.165, 1.54) is 12.3 Å². The fourth-order valence-corrected chi connectivity index (χ4v) is 3.41. The van der Waals surface area contributed by atoms with Gasteiger partial charge in [0.25, 0.3) is 6.01 Å². The molecule has 2 aromatic heterocycles. The number of carbonyl (C=O) groups is 1. The van der Waals surface area contributed by atoms with E-state index in [-0.39, 0.29) is 5.69 Å². The Morgan fingerprint density at radius 2 is 1.97 bits per heavy atom. The van der Waals surface area contributed by atoms with Crippen molar-refractivity contribution in [2.24, 2.45) is 0 Å². The van der Waals surface area contributed by atoms with Gasteiger partial charge in [0.15, 0.2) is 22.8 Å².